The molecule has 0 saturated carbocycles. The first kappa shape index (κ1) is 14.3. The van der Waals surface area contributed by atoms with Gasteiger partial charge < -0.3 is 9.47 Å². The normalized spacial score (nSPS) is 14.0. The van der Waals surface area contributed by atoms with Crippen molar-refractivity contribution < 1.29 is 19.1 Å². The third-order valence-electron chi connectivity index (χ3n) is 3.68. The summed E-state index contributed by atoms with van der Waals surface area (Å²) >= 11 is 0. The van der Waals surface area contributed by atoms with Gasteiger partial charge in [0.1, 0.15) is 0 Å². The van der Waals surface area contributed by atoms with Crippen LogP contribution >= 0.6 is 0 Å². The molecule has 0 aliphatic heterocycles. The van der Waals surface area contributed by atoms with Gasteiger partial charge in [-0.15, -0.1) is 0 Å². The summed E-state index contributed by atoms with van der Waals surface area (Å²) in [6, 6.07) is 13.3. The summed E-state index contributed by atoms with van der Waals surface area (Å²) in [5, 5.41) is 0. The lowest BCUT2D eigenvalue weighted by Crippen LogP contribution is -2.36. The second-order valence-corrected chi connectivity index (χ2v) is 5.40. The quantitative estimate of drug-likeness (QED) is 0.630. The minimum atomic E-state index is -1.50. The Morgan fingerprint density at radius 1 is 0.864 bits per heavy atom. The summed E-state index contributed by atoms with van der Waals surface area (Å²) in [5.41, 5.74) is 4.15. The van der Waals surface area contributed by atoms with Gasteiger partial charge in [0.05, 0.1) is 0 Å². The van der Waals surface area contributed by atoms with Crippen LogP contribution in [0.2, 0.25) is 0 Å². The Morgan fingerprint density at radius 2 is 1.45 bits per heavy atom. The predicted octanol–water partition coefficient (Wildman–Crippen LogP) is 3.30. The summed E-state index contributed by atoms with van der Waals surface area (Å²) in [5.74, 6) is -2.52. The fraction of sp³-hybridized carbons (Fsp3) is 0.222. The van der Waals surface area contributed by atoms with E-state index in [0.29, 0.717) is 11.1 Å². The number of benzene rings is 2. The highest BCUT2D eigenvalue weighted by Crippen LogP contribution is 2.50. The highest BCUT2D eigenvalue weighted by atomic mass is 16.7. The SMILES string of the molecule is CC(=O)OC1(OC(C)=O)c2ccccc2-c2ccc(C)cc21. The Balaban J connectivity index is 2.34. The van der Waals surface area contributed by atoms with Gasteiger partial charge in [-0.3, -0.25) is 9.59 Å². The fourth-order valence-electron chi connectivity index (χ4n) is 2.96. The van der Waals surface area contributed by atoms with Gasteiger partial charge in [0.2, 0.25) is 0 Å². The van der Waals surface area contributed by atoms with Crippen molar-refractivity contribution in [2.45, 2.75) is 26.6 Å². The van der Waals surface area contributed by atoms with E-state index in [2.05, 4.69) is 0 Å². The molecule has 0 N–H and O–H groups in total. The zero-order valence-electron chi connectivity index (χ0n) is 12.7. The molecule has 0 amide bonds. The summed E-state index contributed by atoms with van der Waals surface area (Å²) in [7, 11) is 0. The lowest BCUT2D eigenvalue weighted by molar-refractivity contribution is -0.214. The van der Waals surface area contributed by atoms with Crippen LogP contribution in [0.1, 0.15) is 30.5 Å². The number of aryl methyl sites for hydroxylation is 1. The van der Waals surface area contributed by atoms with E-state index in [9.17, 15) is 9.59 Å². The second-order valence-electron chi connectivity index (χ2n) is 5.40. The lowest BCUT2D eigenvalue weighted by Gasteiger charge is -2.30. The number of carbonyl (C=O) groups excluding carboxylic acids is 2. The zero-order chi connectivity index (χ0) is 15.9. The number of rotatable bonds is 2. The molecule has 0 radical (unpaired) electrons. The van der Waals surface area contributed by atoms with Gasteiger partial charge in [0.25, 0.3) is 0 Å². The molecule has 0 saturated heterocycles. The Bertz CT molecular complexity index is 760. The van der Waals surface area contributed by atoms with Crippen molar-refractivity contribution >= 4 is 11.9 Å². The van der Waals surface area contributed by atoms with Gasteiger partial charge in [0.15, 0.2) is 0 Å². The molecular formula is C18H16O4. The molecule has 0 bridgehead atoms. The monoisotopic (exact) mass is 296 g/mol. The van der Waals surface area contributed by atoms with Crippen molar-refractivity contribution in [3.8, 4) is 11.1 Å². The number of fused-ring (bicyclic) bond motifs is 3. The first-order valence-corrected chi connectivity index (χ1v) is 7.04. The van der Waals surface area contributed by atoms with E-state index in [0.717, 1.165) is 16.7 Å². The highest BCUT2D eigenvalue weighted by Gasteiger charge is 2.49. The van der Waals surface area contributed by atoms with E-state index in [1.807, 2.05) is 49.4 Å². The molecule has 3 rings (SSSR count). The van der Waals surface area contributed by atoms with Crippen molar-refractivity contribution in [1.82, 2.24) is 0 Å². The summed E-state index contributed by atoms with van der Waals surface area (Å²) in [6.07, 6.45) is 0. The molecular weight excluding hydrogens is 280 g/mol. The van der Waals surface area contributed by atoms with E-state index >= 15 is 0 Å². The first-order chi connectivity index (χ1) is 10.4. The average molecular weight is 296 g/mol. The molecule has 112 valence electrons. The maximum Gasteiger partial charge on any atom is 0.311 e. The molecule has 0 aromatic heterocycles. The standard InChI is InChI=1S/C18H16O4/c1-11-8-9-15-14-6-4-5-7-16(14)18(17(15)10-11,21-12(2)19)22-13(3)20/h4-10H,1-3H3. The van der Waals surface area contributed by atoms with E-state index in [-0.39, 0.29) is 0 Å². The minimum Gasteiger partial charge on any atom is -0.414 e. The van der Waals surface area contributed by atoms with Crippen LogP contribution in [0, 0.1) is 6.92 Å². The summed E-state index contributed by atoms with van der Waals surface area (Å²) in [6.45, 7) is 4.55. The van der Waals surface area contributed by atoms with Gasteiger partial charge >= 0.3 is 17.7 Å². The Morgan fingerprint density at radius 3 is 2.09 bits per heavy atom. The van der Waals surface area contributed by atoms with Gasteiger partial charge in [-0.05, 0) is 24.1 Å². The molecule has 2 aromatic rings. The number of ether oxygens (including phenoxy) is 2. The van der Waals surface area contributed by atoms with Crippen LogP contribution in [-0.2, 0) is 24.8 Å². The zero-order valence-corrected chi connectivity index (χ0v) is 12.7. The molecule has 1 aliphatic rings. The number of hydrogen-bond donors (Lipinski definition) is 0. The van der Waals surface area contributed by atoms with Crippen LogP contribution in [0.25, 0.3) is 11.1 Å². The smallest absolute Gasteiger partial charge is 0.311 e. The van der Waals surface area contributed by atoms with E-state index in [1.165, 1.54) is 13.8 Å². The van der Waals surface area contributed by atoms with E-state index in [4.69, 9.17) is 9.47 Å². The molecule has 2 aromatic carbocycles. The lowest BCUT2D eigenvalue weighted by atomic mass is 10.0. The van der Waals surface area contributed by atoms with Crippen LogP contribution in [0.15, 0.2) is 42.5 Å². The first-order valence-electron chi connectivity index (χ1n) is 7.04. The van der Waals surface area contributed by atoms with Crippen LogP contribution in [0.3, 0.4) is 0 Å². The van der Waals surface area contributed by atoms with Crippen molar-refractivity contribution in [3.63, 3.8) is 0 Å². The number of carbonyl (C=O) groups is 2. The second kappa shape index (κ2) is 4.98. The minimum absolute atomic E-state index is 0.509. The Kier molecular flexibility index (Phi) is 3.24. The largest absolute Gasteiger partial charge is 0.414 e. The maximum atomic E-state index is 11.7. The molecule has 1 aliphatic carbocycles. The van der Waals surface area contributed by atoms with Crippen molar-refractivity contribution in [1.29, 1.82) is 0 Å². The molecule has 0 atom stereocenters. The molecule has 4 heteroatoms. The van der Waals surface area contributed by atoms with E-state index in [1.54, 1.807) is 0 Å². The third-order valence-corrected chi connectivity index (χ3v) is 3.68. The topological polar surface area (TPSA) is 52.6 Å². The van der Waals surface area contributed by atoms with Crippen LogP contribution in [0.4, 0.5) is 0 Å². The van der Waals surface area contributed by atoms with Gasteiger partial charge in [-0.25, -0.2) is 0 Å². The van der Waals surface area contributed by atoms with Crippen molar-refractivity contribution in [3.05, 3.63) is 59.2 Å². The van der Waals surface area contributed by atoms with Crippen LogP contribution in [0.5, 0.6) is 0 Å². The third kappa shape index (κ3) is 2.08. The predicted molar refractivity (Wildman–Crippen MR) is 80.9 cm³/mol. The van der Waals surface area contributed by atoms with Crippen LogP contribution < -0.4 is 0 Å². The van der Waals surface area contributed by atoms with Crippen molar-refractivity contribution in [2.24, 2.45) is 0 Å². The molecule has 4 nitrogen and oxygen atoms in total. The van der Waals surface area contributed by atoms with Crippen LogP contribution in [-0.4, -0.2) is 11.9 Å². The maximum absolute atomic E-state index is 11.7. The summed E-state index contributed by atoms with van der Waals surface area (Å²) < 4.78 is 11.1. The number of hydrogen-bond acceptors (Lipinski definition) is 4. The molecule has 0 fully saturated rings. The molecule has 0 unspecified atom stereocenters. The summed E-state index contributed by atoms with van der Waals surface area (Å²) in [4.78, 5) is 23.4. The average Bonchev–Trinajstić information content (AvgIpc) is 2.68. The van der Waals surface area contributed by atoms with Gasteiger partial charge in [-0.1, -0.05) is 42.0 Å². The number of esters is 2. The Hall–Kier alpha value is -2.62. The Labute approximate surface area is 128 Å². The molecule has 0 spiro atoms. The van der Waals surface area contributed by atoms with Gasteiger partial charge in [0, 0.05) is 25.0 Å². The van der Waals surface area contributed by atoms with Crippen molar-refractivity contribution in [2.75, 3.05) is 0 Å². The highest BCUT2D eigenvalue weighted by molar-refractivity contribution is 5.83. The van der Waals surface area contributed by atoms with Gasteiger partial charge in [-0.2, -0.15) is 0 Å². The van der Waals surface area contributed by atoms with E-state index < -0.39 is 17.7 Å². The molecule has 0 heterocycles. The fourth-order valence-corrected chi connectivity index (χ4v) is 2.96. The molecule has 22 heavy (non-hydrogen) atoms.